The fourth-order valence-electron chi connectivity index (χ4n) is 3.27. The van der Waals surface area contributed by atoms with Crippen molar-refractivity contribution in [3.63, 3.8) is 0 Å². The molecule has 0 radical (unpaired) electrons. The van der Waals surface area contributed by atoms with Gasteiger partial charge in [-0.2, -0.15) is 0 Å². The van der Waals surface area contributed by atoms with E-state index in [4.69, 9.17) is 0 Å². The molecule has 2 aliphatic carbocycles. The van der Waals surface area contributed by atoms with Gasteiger partial charge in [-0.1, -0.05) is 20.8 Å². The first-order valence-corrected chi connectivity index (χ1v) is 7.98. The highest BCUT2D eigenvalue weighted by Gasteiger charge is 2.34. The summed E-state index contributed by atoms with van der Waals surface area (Å²) >= 11 is 0. The minimum absolute atomic E-state index is 0.0403. The van der Waals surface area contributed by atoms with Crippen molar-refractivity contribution in [2.45, 2.75) is 71.4 Å². The van der Waals surface area contributed by atoms with Crippen molar-refractivity contribution >= 4 is 0 Å². The molecule has 2 fully saturated rings. The van der Waals surface area contributed by atoms with Crippen LogP contribution in [0.5, 0.6) is 0 Å². The lowest BCUT2D eigenvalue weighted by Gasteiger charge is -2.36. The van der Waals surface area contributed by atoms with Gasteiger partial charge in [-0.15, -0.1) is 0 Å². The predicted molar refractivity (Wildman–Crippen MR) is 76.6 cm³/mol. The molecule has 0 heterocycles. The number of hydrogen-bond acceptors (Lipinski definition) is 2. The zero-order valence-corrected chi connectivity index (χ0v) is 12.4. The summed E-state index contributed by atoms with van der Waals surface area (Å²) in [5.74, 6) is 2.13. The second kappa shape index (κ2) is 6.38. The van der Waals surface area contributed by atoms with Crippen molar-refractivity contribution in [1.29, 1.82) is 0 Å². The molecule has 2 nitrogen and oxygen atoms in total. The third-order valence-corrected chi connectivity index (χ3v) is 4.73. The highest BCUT2D eigenvalue weighted by Crippen LogP contribution is 2.33. The summed E-state index contributed by atoms with van der Waals surface area (Å²) in [7, 11) is 0. The smallest absolute Gasteiger partial charge is 0.0580 e. The zero-order valence-electron chi connectivity index (χ0n) is 12.4. The first kappa shape index (κ1) is 14.3. The summed E-state index contributed by atoms with van der Waals surface area (Å²) < 4.78 is 0. The molecule has 0 aliphatic heterocycles. The van der Waals surface area contributed by atoms with E-state index in [9.17, 15) is 5.11 Å². The second-order valence-electron chi connectivity index (χ2n) is 7.15. The van der Waals surface area contributed by atoms with Crippen LogP contribution in [-0.2, 0) is 0 Å². The van der Waals surface area contributed by atoms with Crippen molar-refractivity contribution in [2.24, 2.45) is 17.8 Å². The van der Waals surface area contributed by atoms with Crippen LogP contribution < -0.4 is 0 Å². The van der Waals surface area contributed by atoms with Gasteiger partial charge in [0.25, 0.3) is 0 Å². The van der Waals surface area contributed by atoms with Crippen molar-refractivity contribution < 1.29 is 5.11 Å². The summed E-state index contributed by atoms with van der Waals surface area (Å²) in [4.78, 5) is 2.67. The highest BCUT2D eigenvalue weighted by molar-refractivity contribution is 4.88. The van der Waals surface area contributed by atoms with Crippen molar-refractivity contribution in [3.05, 3.63) is 0 Å². The van der Waals surface area contributed by atoms with Gasteiger partial charge in [0.15, 0.2) is 0 Å². The van der Waals surface area contributed by atoms with E-state index < -0.39 is 0 Å². The van der Waals surface area contributed by atoms with Crippen molar-refractivity contribution in [2.75, 3.05) is 13.1 Å². The highest BCUT2D eigenvalue weighted by atomic mass is 16.3. The molecule has 2 aliphatic rings. The van der Waals surface area contributed by atoms with Gasteiger partial charge in [0.2, 0.25) is 0 Å². The van der Waals surface area contributed by atoms with Crippen molar-refractivity contribution in [3.8, 4) is 0 Å². The monoisotopic (exact) mass is 253 g/mol. The Kier molecular flexibility index (Phi) is 5.08. The zero-order chi connectivity index (χ0) is 13.1. The fourth-order valence-corrected chi connectivity index (χ4v) is 3.27. The summed E-state index contributed by atoms with van der Waals surface area (Å²) in [5.41, 5.74) is 0. The van der Waals surface area contributed by atoms with E-state index in [0.29, 0.717) is 5.92 Å². The van der Waals surface area contributed by atoms with Crippen LogP contribution in [0.2, 0.25) is 0 Å². The third-order valence-electron chi connectivity index (χ3n) is 4.73. The van der Waals surface area contributed by atoms with Gasteiger partial charge in [0.05, 0.1) is 6.10 Å². The molecule has 2 saturated carbocycles. The SMILES string of the molecule is CC(C)CCN(CC1CC(C)CCC1O)C1CC1. The topological polar surface area (TPSA) is 23.5 Å². The van der Waals surface area contributed by atoms with E-state index >= 15 is 0 Å². The Morgan fingerprint density at radius 1 is 1.17 bits per heavy atom. The van der Waals surface area contributed by atoms with Crippen LogP contribution in [0.3, 0.4) is 0 Å². The lowest BCUT2D eigenvalue weighted by Crippen LogP contribution is -2.40. The maximum absolute atomic E-state index is 10.2. The lowest BCUT2D eigenvalue weighted by atomic mass is 9.80. The maximum Gasteiger partial charge on any atom is 0.0580 e. The van der Waals surface area contributed by atoms with Crippen LogP contribution in [0.15, 0.2) is 0 Å². The number of nitrogens with zero attached hydrogens (tertiary/aromatic N) is 1. The first-order valence-electron chi connectivity index (χ1n) is 7.98. The number of aliphatic hydroxyl groups is 1. The average Bonchev–Trinajstić information content (AvgIpc) is 3.12. The van der Waals surface area contributed by atoms with Gasteiger partial charge < -0.3 is 10.0 Å². The number of rotatable bonds is 6. The van der Waals surface area contributed by atoms with Gasteiger partial charge in [-0.05, 0) is 62.8 Å². The Morgan fingerprint density at radius 3 is 2.50 bits per heavy atom. The molecule has 0 aromatic heterocycles. The molecule has 3 unspecified atom stereocenters. The average molecular weight is 253 g/mol. The molecule has 2 heteroatoms. The summed E-state index contributed by atoms with van der Waals surface area (Å²) in [6.07, 6.45) is 7.50. The van der Waals surface area contributed by atoms with Gasteiger partial charge in [-0.25, -0.2) is 0 Å². The molecule has 106 valence electrons. The van der Waals surface area contributed by atoms with Gasteiger partial charge in [-0.3, -0.25) is 0 Å². The fraction of sp³-hybridized carbons (Fsp3) is 1.00. The van der Waals surface area contributed by atoms with E-state index in [1.54, 1.807) is 0 Å². The predicted octanol–water partition coefficient (Wildman–Crippen LogP) is 3.29. The van der Waals surface area contributed by atoms with Crippen LogP contribution in [0, 0.1) is 17.8 Å². The maximum atomic E-state index is 10.2. The summed E-state index contributed by atoms with van der Waals surface area (Å²) in [6, 6.07) is 0.841. The Balaban J connectivity index is 1.83. The van der Waals surface area contributed by atoms with E-state index in [2.05, 4.69) is 25.7 Å². The second-order valence-corrected chi connectivity index (χ2v) is 7.15. The van der Waals surface area contributed by atoms with Crippen molar-refractivity contribution in [1.82, 2.24) is 4.90 Å². The first-order chi connectivity index (χ1) is 8.56. The molecule has 0 amide bonds. The largest absolute Gasteiger partial charge is 0.393 e. The third kappa shape index (κ3) is 4.24. The van der Waals surface area contributed by atoms with Crippen LogP contribution in [-0.4, -0.2) is 35.2 Å². The molecular weight excluding hydrogens is 222 g/mol. The summed E-state index contributed by atoms with van der Waals surface area (Å²) in [6.45, 7) is 9.34. The number of hydrogen-bond donors (Lipinski definition) is 1. The van der Waals surface area contributed by atoms with E-state index in [0.717, 1.165) is 30.8 Å². The minimum atomic E-state index is -0.0403. The van der Waals surface area contributed by atoms with Gasteiger partial charge in [0.1, 0.15) is 0 Å². The quantitative estimate of drug-likeness (QED) is 0.785. The van der Waals surface area contributed by atoms with Gasteiger partial charge in [0, 0.05) is 12.6 Å². The van der Waals surface area contributed by atoms with E-state index in [-0.39, 0.29) is 6.10 Å². The Hall–Kier alpha value is -0.0800. The van der Waals surface area contributed by atoms with Crippen LogP contribution in [0.1, 0.15) is 59.3 Å². The molecule has 18 heavy (non-hydrogen) atoms. The molecule has 0 bridgehead atoms. The summed E-state index contributed by atoms with van der Waals surface area (Å²) in [5, 5.41) is 10.2. The molecule has 0 aromatic rings. The molecule has 3 atom stereocenters. The minimum Gasteiger partial charge on any atom is -0.393 e. The Bertz CT molecular complexity index is 249. The molecule has 2 rings (SSSR count). The Morgan fingerprint density at radius 2 is 1.89 bits per heavy atom. The lowest BCUT2D eigenvalue weighted by molar-refractivity contribution is 0.0281. The number of aliphatic hydroxyl groups excluding tert-OH is 1. The van der Waals surface area contributed by atoms with Gasteiger partial charge >= 0.3 is 0 Å². The Labute approximate surface area is 113 Å². The standard InChI is InChI=1S/C16H31NO/c1-12(2)8-9-17(15-5-6-15)11-14-10-13(3)4-7-16(14)18/h12-16,18H,4-11H2,1-3H3. The molecular formula is C16H31NO. The normalized spacial score (nSPS) is 33.3. The molecule has 0 saturated heterocycles. The molecule has 0 spiro atoms. The van der Waals surface area contributed by atoms with Crippen LogP contribution in [0.4, 0.5) is 0 Å². The van der Waals surface area contributed by atoms with E-state index in [1.807, 2.05) is 0 Å². The van der Waals surface area contributed by atoms with Crippen LogP contribution in [0.25, 0.3) is 0 Å². The molecule has 0 aromatic carbocycles. The van der Waals surface area contributed by atoms with Crippen LogP contribution >= 0.6 is 0 Å². The molecule has 1 N–H and O–H groups in total. The van der Waals surface area contributed by atoms with E-state index in [1.165, 1.54) is 38.6 Å².